The third-order valence-electron chi connectivity index (χ3n) is 11.0. The zero-order chi connectivity index (χ0) is 33.7. The van der Waals surface area contributed by atoms with Crippen molar-refractivity contribution in [3.05, 3.63) is 64.7 Å². The number of ether oxygens (including phenoxy) is 3. The van der Waals surface area contributed by atoms with Crippen LogP contribution in [0.1, 0.15) is 69.9 Å². The molecule has 4 atom stereocenters. The van der Waals surface area contributed by atoms with E-state index >= 15 is 0 Å². The fourth-order valence-corrected chi connectivity index (χ4v) is 9.08. The van der Waals surface area contributed by atoms with E-state index in [2.05, 4.69) is 21.0 Å². The number of hydrogen-bond donors (Lipinski definition) is 2. The second-order valence-electron chi connectivity index (χ2n) is 14.6. The predicted octanol–water partition coefficient (Wildman–Crippen LogP) is 5.66. The van der Waals surface area contributed by atoms with E-state index in [0.29, 0.717) is 36.2 Å². The van der Waals surface area contributed by atoms with Gasteiger partial charge in [-0.3, -0.25) is 4.79 Å². The minimum absolute atomic E-state index is 0.0307. The summed E-state index contributed by atoms with van der Waals surface area (Å²) in [4.78, 5) is 28.4. The van der Waals surface area contributed by atoms with Crippen LogP contribution in [0.3, 0.4) is 0 Å². The van der Waals surface area contributed by atoms with E-state index in [1.54, 1.807) is 18.2 Å². The van der Waals surface area contributed by atoms with E-state index in [4.69, 9.17) is 25.8 Å². The lowest BCUT2D eigenvalue weighted by molar-refractivity contribution is -0.139. The molecule has 2 saturated carbocycles. The van der Waals surface area contributed by atoms with E-state index in [1.807, 2.05) is 18.2 Å². The summed E-state index contributed by atoms with van der Waals surface area (Å²) >= 11 is 6.43. The summed E-state index contributed by atoms with van der Waals surface area (Å²) in [6, 6.07) is 11.0. The highest BCUT2D eigenvalue weighted by molar-refractivity contribution is 7.90. The second-order valence-corrected chi connectivity index (χ2v) is 16.7. The Labute approximate surface area is 287 Å². The van der Waals surface area contributed by atoms with Gasteiger partial charge in [0.05, 0.1) is 23.8 Å². The van der Waals surface area contributed by atoms with Crippen molar-refractivity contribution in [1.29, 1.82) is 0 Å². The first-order valence-electron chi connectivity index (χ1n) is 17.1. The van der Waals surface area contributed by atoms with E-state index in [1.165, 1.54) is 31.0 Å². The number of fused-ring (bicyclic) bond motifs is 4. The Balaban J connectivity index is 1.27. The number of alkyl carbamates (subject to hydrolysis) is 1. The largest absolute Gasteiger partial charge is 0.490 e. The summed E-state index contributed by atoms with van der Waals surface area (Å²) in [5.41, 5.74) is 1.29. The number of sulfonamides is 1. The van der Waals surface area contributed by atoms with Gasteiger partial charge < -0.3 is 24.4 Å². The molecule has 7 rings (SSSR count). The SMILES string of the molecule is CC1(C)OC/C=C/[C@H](OC(=O)NC2CCC2)[C@@H]2CC[C@H]2CN2C[C@@]3(CCCc4cc(Cl)ccc43)COc3ccc(cc32)S(=O)(=O)NC1=O. The minimum Gasteiger partial charge on any atom is -0.490 e. The minimum atomic E-state index is -4.23. The third-order valence-corrected chi connectivity index (χ3v) is 12.5. The Bertz CT molecular complexity index is 1730. The highest BCUT2D eigenvalue weighted by Gasteiger charge is 2.45. The van der Waals surface area contributed by atoms with Gasteiger partial charge in [-0.25, -0.2) is 17.9 Å². The highest BCUT2D eigenvalue weighted by Crippen LogP contribution is 2.47. The molecular weight excluding hydrogens is 654 g/mol. The molecule has 5 aliphatic rings. The molecule has 0 unspecified atom stereocenters. The number of aryl methyl sites for hydroxylation is 1. The number of halogens is 1. The summed E-state index contributed by atoms with van der Waals surface area (Å²) in [6.45, 7) is 4.75. The van der Waals surface area contributed by atoms with E-state index in [-0.39, 0.29) is 34.8 Å². The molecule has 2 amide bonds. The topological polar surface area (TPSA) is 123 Å². The van der Waals surface area contributed by atoms with E-state index in [9.17, 15) is 18.0 Å². The first-order chi connectivity index (χ1) is 22.9. The van der Waals surface area contributed by atoms with Crippen LogP contribution in [-0.2, 0) is 36.1 Å². The summed E-state index contributed by atoms with van der Waals surface area (Å²) in [7, 11) is -4.23. The molecule has 2 fully saturated rings. The van der Waals surface area contributed by atoms with Crippen molar-refractivity contribution in [2.75, 3.05) is 31.2 Å². The van der Waals surface area contributed by atoms with Crippen molar-refractivity contribution < 1.29 is 32.2 Å². The third kappa shape index (κ3) is 6.53. The fraction of sp³-hybridized carbons (Fsp3) is 0.556. The maximum absolute atomic E-state index is 13.6. The van der Waals surface area contributed by atoms with Crippen LogP contribution in [0.4, 0.5) is 10.5 Å². The molecule has 2 aliphatic heterocycles. The molecular formula is C36H44ClN3O7S. The fourth-order valence-electron chi connectivity index (χ4n) is 7.76. The smallest absolute Gasteiger partial charge is 0.407 e. The Kier molecular flexibility index (Phi) is 8.91. The molecule has 12 heteroatoms. The maximum Gasteiger partial charge on any atom is 0.407 e. The summed E-state index contributed by atoms with van der Waals surface area (Å²) in [5.74, 6) is 0.0175. The predicted molar refractivity (Wildman–Crippen MR) is 182 cm³/mol. The van der Waals surface area contributed by atoms with Crippen LogP contribution in [0.25, 0.3) is 0 Å². The lowest BCUT2D eigenvalue weighted by Gasteiger charge is -2.46. The lowest BCUT2D eigenvalue weighted by atomic mass is 9.68. The van der Waals surface area contributed by atoms with Gasteiger partial charge in [0, 0.05) is 35.5 Å². The molecule has 2 bridgehead atoms. The van der Waals surface area contributed by atoms with Crippen LogP contribution < -0.4 is 19.7 Å². The second kappa shape index (κ2) is 12.9. The van der Waals surface area contributed by atoms with Gasteiger partial charge in [0.2, 0.25) is 0 Å². The van der Waals surface area contributed by atoms with E-state index in [0.717, 1.165) is 51.4 Å². The Morgan fingerprint density at radius 2 is 1.94 bits per heavy atom. The van der Waals surface area contributed by atoms with Gasteiger partial charge in [-0.1, -0.05) is 23.7 Å². The molecule has 48 heavy (non-hydrogen) atoms. The van der Waals surface area contributed by atoms with Gasteiger partial charge in [-0.2, -0.15) is 0 Å². The molecule has 258 valence electrons. The van der Waals surface area contributed by atoms with Crippen molar-refractivity contribution >= 4 is 39.3 Å². The molecule has 0 radical (unpaired) electrons. The molecule has 2 heterocycles. The summed E-state index contributed by atoms with van der Waals surface area (Å²) in [5, 5.41) is 3.70. The number of nitrogens with one attached hydrogen (secondary N) is 2. The Hall–Kier alpha value is -3.28. The standard InChI is InChI=1S/C36H44ClN3O7S/c1-35(2)33(41)39-48(43,44)27-12-15-32-30(19-27)40(21-36(22-45-32)16-4-6-23-18-25(37)11-14-29(23)36)20-24-10-13-28(24)31(9-5-17-46-35)47-34(42)38-26-7-3-8-26/h5,9,11-12,14-15,18-19,24,26,28,31H,3-4,6-8,10,13,16-17,20-22H2,1-2H3,(H,38,42)(H,39,41)/b9-5+/t24-,28+,31-,36-/m0/s1. The maximum atomic E-state index is 13.6. The summed E-state index contributed by atoms with van der Waals surface area (Å²) in [6.07, 6.45) is 10.4. The van der Waals surface area contributed by atoms with Crippen LogP contribution in [-0.4, -0.2) is 64.5 Å². The molecule has 1 spiro atoms. The van der Waals surface area contributed by atoms with Crippen LogP contribution in [0.2, 0.25) is 5.02 Å². The molecule has 10 nitrogen and oxygen atoms in total. The number of benzene rings is 2. The quantitative estimate of drug-likeness (QED) is 0.386. The molecule has 2 N–H and O–H groups in total. The van der Waals surface area contributed by atoms with Crippen molar-refractivity contribution in [1.82, 2.24) is 10.0 Å². The number of rotatable bonds is 2. The van der Waals surface area contributed by atoms with Crippen molar-refractivity contribution in [2.45, 2.75) is 93.3 Å². The van der Waals surface area contributed by atoms with Gasteiger partial charge in [-0.15, -0.1) is 0 Å². The van der Waals surface area contributed by atoms with Gasteiger partial charge in [0.15, 0.2) is 0 Å². The first kappa shape index (κ1) is 33.2. The van der Waals surface area contributed by atoms with Crippen molar-refractivity contribution in [3.63, 3.8) is 0 Å². The Morgan fingerprint density at radius 1 is 1.10 bits per heavy atom. The number of anilines is 1. The van der Waals surface area contributed by atoms with Crippen molar-refractivity contribution in [3.8, 4) is 5.75 Å². The van der Waals surface area contributed by atoms with Gasteiger partial charge >= 0.3 is 6.09 Å². The highest BCUT2D eigenvalue weighted by atomic mass is 35.5. The number of nitrogens with zero attached hydrogens (tertiary/aromatic N) is 1. The van der Waals surface area contributed by atoms with E-state index < -0.39 is 33.7 Å². The molecule has 2 aromatic carbocycles. The summed E-state index contributed by atoms with van der Waals surface area (Å²) < 4.78 is 47.9. The van der Waals surface area contributed by atoms with Gasteiger partial charge in [0.25, 0.3) is 15.9 Å². The average Bonchev–Trinajstić information content (AvgIpc) is 3.15. The normalized spacial score (nSPS) is 30.2. The number of carbonyl (C=O) groups excluding carboxylic acids is 2. The number of hydrogen-bond acceptors (Lipinski definition) is 8. The van der Waals surface area contributed by atoms with Crippen LogP contribution in [0.15, 0.2) is 53.4 Å². The van der Waals surface area contributed by atoms with Crippen LogP contribution >= 0.6 is 11.6 Å². The van der Waals surface area contributed by atoms with Crippen LogP contribution in [0, 0.1) is 11.8 Å². The number of amides is 2. The zero-order valence-corrected chi connectivity index (χ0v) is 29.1. The molecule has 3 aliphatic carbocycles. The number of carbonyl (C=O) groups is 2. The molecule has 0 saturated heterocycles. The van der Waals surface area contributed by atoms with Crippen LogP contribution in [0.5, 0.6) is 5.75 Å². The van der Waals surface area contributed by atoms with Crippen molar-refractivity contribution in [2.24, 2.45) is 11.8 Å². The lowest BCUT2D eigenvalue weighted by Crippen LogP contribution is -2.50. The zero-order valence-electron chi connectivity index (χ0n) is 27.5. The van der Waals surface area contributed by atoms with Gasteiger partial charge in [-0.05, 0) is 119 Å². The first-order valence-corrected chi connectivity index (χ1v) is 18.9. The monoisotopic (exact) mass is 697 g/mol. The Morgan fingerprint density at radius 3 is 2.69 bits per heavy atom. The molecule has 0 aromatic heterocycles. The van der Waals surface area contributed by atoms with Gasteiger partial charge in [0.1, 0.15) is 17.5 Å². The average molecular weight is 698 g/mol. The molecule has 2 aromatic rings.